The van der Waals surface area contributed by atoms with Gasteiger partial charge >= 0.3 is 0 Å². The number of H-pyrrole nitrogens is 1. The van der Waals surface area contributed by atoms with Crippen molar-refractivity contribution in [2.24, 2.45) is 0 Å². The van der Waals surface area contributed by atoms with Crippen LogP contribution in [-0.4, -0.2) is 20.2 Å². The van der Waals surface area contributed by atoms with Gasteiger partial charge in [-0.2, -0.15) is 5.10 Å². The highest BCUT2D eigenvalue weighted by Gasteiger charge is 2.06. The van der Waals surface area contributed by atoms with Crippen LogP contribution in [0.2, 0.25) is 0 Å². The first-order valence-electron chi connectivity index (χ1n) is 4.64. The van der Waals surface area contributed by atoms with Crippen LogP contribution < -0.4 is 0 Å². The summed E-state index contributed by atoms with van der Waals surface area (Å²) < 4.78 is 0. The lowest BCUT2D eigenvalue weighted by Crippen LogP contribution is -1.87. The summed E-state index contributed by atoms with van der Waals surface area (Å²) in [5.74, 6) is 0.701. The fraction of sp³-hybridized carbons (Fsp3) is 0. The van der Waals surface area contributed by atoms with Crippen LogP contribution in [0.25, 0.3) is 22.3 Å². The Kier molecular flexibility index (Phi) is 1.71. The largest absolute Gasteiger partial charge is 0.258 e. The summed E-state index contributed by atoms with van der Waals surface area (Å²) in [7, 11) is 0. The van der Waals surface area contributed by atoms with Crippen molar-refractivity contribution < 1.29 is 0 Å². The van der Waals surface area contributed by atoms with E-state index < -0.39 is 0 Å². The van der Waals surface area contributed by atoms with Crippen molar-refractivity contribution in [2.45, 2.75) is 0 Å². The van der Waals surface area contributed by atoms with E-state index in [1.165, 1.54) is 6.33 Å². The number of hydrogen-bond donors (Lipinski definition) is 1. The Balaban J connectivity index is 2.36. The van der Waals surface area contributed by atoms with Gasteiger partial charge in [0.15, 0.2) is 5.82 Å². The van der Waals surface area contributed by atoms with Crippen LogP contribution in [0.4, 0.5) is 0 Å². The molecule has 2 heterocycles. The molecule has 0 fully saturated rings. The maximum atomic E-state index is 4.32. The summed E-state index contributed by atoms with van der Waals surface area (Å²) >= 11 is 0. The summed E-state index contributed by atoms with van der Waals surface area (Å²) in [6.45, 7) is 0. The highest BCUT2D eigenvalue weighted by molar-refractivity contribution is 5.92. The molecular weight excluding hydrogens is 188 g/mol. The SMILES string of the molecule is c1ccc2c(-c3ncn[nH]3)nccc2c1. The topological polar surface area (TPSA) is 54.5 Å². The van der Waals surface area contributed by atoms with E-state index in [-0.39, 0.29) is 0 Å². The number of benzene rings is 1. The maximum absolute atomic E-state index is 4.32. The van der Waals surface area contributed by atoms with Crippen molar-refractivity contribution >= 4 is 10.8 Å². The molecular formula is C11H8N4. The molecule has 4 heteroatoms. The Morgan fingerprint density at radius 3 is 2.80 bits per heavy atom. The zero-order chi connectivity index (χ0) is 10.1. The molecule has 0 spiro atoms. The Morgan fingerprint density at radius 2 is 1.93 bits per heavy atom. The third-order valence-electron chi connectivity index (χ3n) is 2.31. The summed E-state index contributed by atoms with van der Waals surface area (Å²) in [4.78, 5) is 8.42. The van der Waals surface area contributed by atoms with Crippen molar-refractivity contribution in [1.82, 2.24) is 20.2 Å². The zero-order valence-corrected chi connectivity index (χ0v) is 7.88. The van der Waals surface area contributed by atoms with Gasteiger partial charge in [-0.3, -0.25) is 10.1 Å². The summed E-state index contributed by atoms with van der Waals surface area (Å²) in [6.07, 6.45) is 3.26. The fourth-order valence-electron chi connectivity index (χ4n) is 1.63. The first kappa shape index (κ1) is 8.11. The van der Waals surface area contributed by atoms with Gasteiger partial charge in [-0.1, -0.05) is 24.3 Å². The molecule has 0 aliphatic heterocycles. The third kappa shape index (κ3) is 1.27. The third-order valence-corrected chi connectivity index (χ3v) is 2.31. The normalized spacial score (nSPS) is 10.7. The average molecular weight is 196 g/mol. The Morgan fingerprint density at radius 1 is 1.00 bits per heavy atom. The standard InChI is InChI=1S/C11H8N4/c1-2-4-9-8(3-1)5-6-12-10(9)11-13-7-14-15-11/h1-7H,(H,13,14,15). The smallest absolute Gasteiger partial charge is 0.174 e. The monoisotopic (exact) mass is 196 g/mol. The second-order valence-corrected chi connectivity index (χ2v) is 3.21. The number of nitrogens with zero attached hydrogens (tertiary/aromatic N) is 3. The van der Waals surface area contributed by atoms with Crippen LogP contribution in [0.15, 0.2) is 42.9 Å². The summed E-state index contributed by atoms with van der Waals surface area (Å²) in [5.41, 5.74) is 0.839. The molecule has 72 valence electrons. The molecule has 0 saturated heterocycles. The minimum atomic E-state index is 0.701. The van der Waals surface area contributed by atoms with E-state index in [2.05, 4.69) is 26.2 Å². The van der Waals surface area contributed by atoms with Crippen molar-refractivity contribution in [1.29, 1.82) is 0 Å². The highest BCUT2D eigenvalue weighted by Crippen LogP contribution is 2.22. The molecule has 1 aromatic carbocycles. The number of fused-ring (bicyclic) bond motifs is 1. The minimum Gasteiger partial charge on any atom is -0.258 e. The molecule has 1 N–H and O–H groups in total. The Labute approximate surface area is 86.0 Å². The predicted molar refractivity (Wildman–Crippen MR) is 57.1 cm³/mol. The van der Waals surface area contributed by atoms with Crippen LogP contribution >= 0.6 is 0 Å². The van der Waals surface area contributed by atoms with Gasteiger partial charge in [-0.05, 0) is 11.5 Å². The number of aromatic amines is 1. The molecule has 0 atom stereocenters. The van der Waals surface area contributed by atoms with E-state index in [1.807, 2.05) is 24.3 Å². The van der Waals surface area contributed by atoms with E-state index in [1.54, 1.807) is 6.20 Å². The van der Waals surface area contributed by atoms with Crippen LogP contribution in [0, 0.1) is 0 Å². The van der Waals surface area contributed by atoms with Gasteiger partial charge in [0.1, 0.15) is 12.0 Å². The van der Waals surface area contributed by atoms with E-state index >= 15 is 0 Å². The number of rotatable bonds is 1. The second kappa shape index (κ2) is 3.16. The molecule has 3 aromatic rings. The molecule has 0 aliphatic rings. The van der Waals surface area contributed by atoms with E-state index in [0.29, 0.717) is 5.82 Å². The zero-order valence-electron chi connectivity index (χ0n) is 7.88. The molecule has 0 aliphatic carbocycles. The molecule has 0 radical (unpaired) electrons. The highest BCUT2D eigenvalue weighted by atomic mass is 15.2. The molecule has 15 heavy (non-hydrogen) atoms. The number of pyridine rings is 1. The number of hydrogen-bond acceptors (Lipinski definition) is 3. The molecule has 2 aromatic heterocycles. The van der Waals surface area contributed by atoms with Gasteiger partial charge in [0.25, 0.3) is 0 Å². The second-order valence-electron chi connectivity index (χ2n) is 3.21. The maximum Gasteiger partial charge on any atom is 0.174 e. The lowest BCUT2D eigenvalue weighted by Gasteiger charge is -2.01. The van der Waals surface area contributed by atoms with Gasteiger partial charge in [-0.25, -0.2) is 4.98 Å². The lowest BCUT2D eigenvalue weighted by atomic mass is 10.1. The first-order valence-corrected chi connectivity index (χ1v) is 4.64. The van der Waals surface area contributed by atoms with Gasteiger partial charge in [-0.15, -0.1) is 0 Å². The van der Waals surface area contributed by atoms with Crippen molar-refractivity contribution in [3.8, 4) is 11.5 Å². The Hall–Kier alpha value is -2.23. The van der Waals surface area contributed by atoms with Gasteiger partial charge < -0.3 is 0 Å². The average Bonchev–Trinajstić information content (AvgIpc) is 2.82. The van der Waals surface area contributed by atoms with Crippen molar-refractivity contribution in [3.05, 3.63) is 42.9 Å². The van der Waals surface area contributed by atoms with Crippen LogP contribution in [0.1, 0.15) is 0 Å². The van der Waals surface area contributed by atoms with Crippen LogP contribution in [0.5, 0.6) is 0 Å². The minimum absolute atomic E-state index is 0.701. The van der Waals surface area contributed by atoms with Crippen molar-refractivity contribution in [2.75, 3.05) is 0 Å². The number of nitrogens with one attached hydrogen (secondary N) is 1. The summed E-state index contributed by atoms with van der Waals surface area (Å²) in [5, 5.41) is 8.88. The predicted octanol–water partition coefficient (Wildman–Crippen LogP) is 2.02. The van der Waals surface area contributed by atoms with E-state index in [9.17, 15) is 0 Å². The van der Waals surface area contributed by atoms with Gasteiger partial charge in [0.05, 0.1) is 0 Å². The van der Waals surface area contributed by atoms with E-state index in [4.69, 9.17) is 0 Å². The van der Waals surface area contributed by atoms with Gasteiger partial charge in [0, 0.05) is 11.6 Å². The Bertz CT molecular complexity index is 581. The quantitative estimate of drug-likeness (QED) is 0.647. The van der Waals surface area contributed by atoms with Gasteiger partial charge in [0.2, 0.25) is 0 Å². The number of aromatic nitrogens is 4. The summed E-state index contributed by atoms with van der Waals surface area (Å²) in [6, 6.07) is 10.1. The van der Waals surface area contributed by atoms with E-state index in [0.717, 1.165) is 16.5 Å². The molecule has 0 amide bonds. The van der Waals surface area contributed by atoms with Crippen molar-refractivity contribution in [3.63, 3.8) is 0 Å². The lowest BCUT2D eigenvalue weighted by molar-refractivity contribution is 1.09. The fourth-order valence-corrected chi connectivity index (χ4v) is 1.63. The van der Waals surface area contributed by atoms with Crippen LogP contribution in [0.3, 0.4) is 0 Å². The molecule has 0 saturated carbocycles. The molecule has 4 nitrogen and oxygen atoms in total. The van der Waals surface area contributed by atoms with Crippen LogP contribution in [-0.2, 0) is 0 Å². The first-order chi connectivity index (χ1) is 7.45. The molecule has 0 bridgehead atoms. The molecule has 3 rings (SSSR count). The molecule has 0 unspecified atom stereocenters.